The van der Waals surface area contributed by atoms with Crippen LogP contribution in [-0.4, -0.2) is 15.9 Å². The van der Waals surface area contributed by atoms with Gasteiger partial charge < -0.3 is 11.1 Å². The Balaban J connectivity index is 2.08. The molecule has 1 aromatic carbocycles. The number of halogens is 3. The molecule has 1 heterocycles. The van der Waals surface area contributed by atoms with E-state index in [2.05, 4.69) is 31.2 Å². The summed E-state index contributed by atoms with van der Waals surface area (Å²) in [5, 5.41) is 2.50. The Hall–Kier alpha value is -2.09. The number of nitrogens with one attached hydrogen (secondary N) is 1. The molecule has 2 rings (SSSR count). The van der Waals surface area contributed by atoms with E-state index in [9.17, 15) is 13.6 Å². The van der Waals surface area contributed by atoms with E-state index in [-0.39, 0.29) is 18.1 Å². The topological polar surface area (TPSA) is 80.9 Å². The maximum atomic E-state index is 13.0. The van der Waals surface area contributed by atoms with Gasteiger partial charge in [0.25, 0.3) is 5.91 Å². The molecule has 0 unspecified atom stereocenters. The molecule has 1 amide bonds. The van der Waals surface area contributed by atoms with E-state index in [1.807, 2.05) is 0 Å². The van der Waals surface area contributed by atoms with Gasteiger partial charge in [0.05, 0.1) is 6.20 Å². The number of hydrogen-bond acceptors (Lipinski definition) is 4. The fourth-order valence-corrected chi connectivity index (χ4v) is 1.74. The van der Waals surface area contributed by atoms with Gasteiger partial charge in [-0.1, -0.05) is 6.07 Å². The third-order valence-electron chi connectivity index (χ3n) is 2.42. The monoisotopic (exact) mass is 342 g/mol. The van der Waals surface area contributed by atoms with Crippen LogP contribution in [0.15, 0.2) is 29.0 Å². The summed E-state index contributed by atoms with van der Waals surface area (Å²) in [5.74, 6) is -2.49. The van der Waals surface area contributed by atoms with Gasteiger partial charge in [0.1, 0.15) is 4.60 Å². The zero-order valence-electron chi connectivity index (χ0n) is 10.0. The van der Waals surface area contributed by atoms with Crippen molar-refractivity contribution in [3.8, 4) is 0 Å². The number of carbonyl (C=O) groups excluding carboxylic acids is 1. The number of nitrogen functional groups attached to an aromatic ring is 1. The SMILES string of the molecule is Nc1ncc(Br)nc1C(=O)NCc1ccc(F)c(F)c1. The van der Waals surface area contributed by atoms with Crippen LogP contribution in [-0.2, 0) is 6.54 Å². The van der Waals surface area contributed by atoms with Gasteiger partial charge >= 0.3 is 0 Å². The zero-order valence-corrected chi connectivity index (χ0v) is 11.6. The van der Waals surface area contributed by atoms with Crippen molar-refractivity contribution in [3.63, 3.8) is 0 Å². The van der Waals surface area contributed by atoms with Crippen molar-refractivity contribution >= 4 is 27.7 Å². The van der Waals surface area contributed by atoms with Crippen molar-refractivity contribution in [1.29, 1.82) is 0 Å². The minimum Gasteiger partial charge on any atom is -0.382 e. The summed E-state index contributed by atoms with van der Waals surface area (Å²) in [6, 6.07) is 3.37. The molecule has 3 N–H and O–H groups in total. The molecule has 5 nitrogen and oxygen atoms in total. The van der Waals surface area contributed by atoms with E-state index in [0.29, 0.717) is 10.2 Å². The molecule has 104 valence electrons. The number of benzene rings is 1. The fourth-order valence-electron chi connectivity index (χ4n) is 1.46. The molecule has 20 heavy (non-hydrogen) atoms. The van der Waals surface area contributed by atoms with Crippen molar-refractivity contribution in [2.45, 2.75) is 6.54 Å². The first-order valence-corrected chi connectivity index (χ1v) is 6.27. The molecule has 0 aliphatic heterocycles. The summed E-state index contributed by atoms with van der Waals surface area (Å²) in [7, 11) is 0. The molecule has 0 radical (unpaired) electrons. The van der Waals surface area contributed by atoms with E-state index < -0.39 is 17.5 Å². The van der Waals surface area contributed by atoms with Crippen LogP contribution in [0.4, 0.5) is 14.6 Å². The standard InChI is InChI=1S/C12H9BrF2N4O/c13-9-5-17-11(16)10(19-9)12(20)18-4-6-1-2-7(14)8(15)3-6/h1-3,5H,4H2,(H2,16,17)(H,18,20). The van der Waals surface area contributed by atoms with Gasteiger partial charge in [0.15, 0.2) is 23.1 Å². The van der Waals surface area contributed by atoms with E-state index in [0.717, 1.165) is 12.1 Å². The Morgan fingerprint density at radius 3 is 2.80 bits per heavy atom. The maximum Gasteiger partial charge on any atom is 0.274 e. The quantitative estimate of drug-likeness (QED) is 0.894. The van der Waals surface area contributed by atoms with Gasteiger partial charge in [-0.3, -0.25) is 4.79 Å². The van der Waals surface area contributed by atoms with Gasteiger partial charge in [-0.25, -0.2) is 18.7 Å². The molecule has 0 aliphatic rings. The highest BCUT2D eigenvalue weighted by atomic mass is 79.9. The lowest BCUT2D eigenvalue weighted by Gasteiger charge is -2.07. The highest BCUT2D eigenvalue weighted by Gasteiger charge is 2.13. The van der Waals surface area contributed by atoms with Crippen LogP contribution in [0, 0.1) is 11.6 Å². The number of aromatic nitrogens is 2. The lowest BCUT2D eigenvalue weighted by atomic mass is 10.2. The van der Waals surface area contributed by atoms with Crippen LogP contribution in [0.2, 0.25) is 0 Å². The summed E-state index contributed by atoms with van der Waals surface area (Å²) >= 11 is 3.08. The number of rotatable bonds is 3. The second kappa shape index (κ2) is 5.91. The van der Waals surface area contributed by atoms with Crippen LogP contribution in [0.3, 0.4) is 0 Å². The highest BCUT2D eigenvalue weighted by Crippen LogP contribution is 2.11. The first kappa shape index (κ1) is 14.3. The minimum absolute atomic E-state index is 0.0175. The third-order valence-corrected chi connectivity index (χ3v) is 2.81. The van der Waals surface area contributed by atoms with Crippen LogP contribution in [0.25, 0.3) is 0 Å². The molecule has 1 aromatic heterocycles. The predicted octanol–water partition coefficient (Wildman–Crippen LogP) is 2.03. The molecule has 0 saturated heterocycles. The Labute approximate surface area is 121 Å². The lowest BCUT2D eigenvalue weighted by Crippen LogP contribution is -2.25. The molecule has 0 saturated carbocycles. The normalized spacial score (nSPS) is 10.3. The van der Waals surface area contributed by atoms with Crippen LogP contribution >= 0.6 is 15.9 Å². The minimum atomic E-state index is -0.974. The van der Waals surface area contributed by atoms with Gasteiger partial charge in [-0.15, -0.1) is 0 Å². The van der Waals surface area contributed by atoms with Crippen molar-refractivity contribution in [1.82, 2.24) is 15.3 Å². The molecule has 0 atom stereocenters. The maximum absolute atomic E-state index is 13.0. The molecule has 8 heteroatoms. The third kappa shape index (κ3) is 3.27. The summed E-state index contributed by atoms with van der Waals surface area (Å²) in [4.78, 5) is 19.5. The van der Waals surface area contributed by atoms with E-state index >= 15 is 0 Å². The second-order valence-corrected chi connectivity index (χ2v) is 4.67. The van der Waals surface area contributed by atoms with Crippen LogP contribution in [0.5, 0.6) is 0 Å². The summed E-state index contributed by atoms with van der Waals surface area (Å²) in [5.41, 5.74) is 5.91. The molecule has 0 bridgehead atoms. The highest BCUT2D eigenvalue weighted by molar-refractivity contribution is 9.10. The molecule has 2 aromatic rings. The van der Waals surface area contributed by atoms with Crippen molar-refractivity contribution < 1.29 is 13.6 Å². The van der Waals surface area contributed by atoms with Crippen LogP contribution in [0.1, 0.15) is 16.1 Å². The van der Waals surface area contributed by atoms with E-state index in [1.54, 1.807) is 0 Å². The van der Waals surface area contributed by atoms with Gasteiger partial charge in [0, 0.05) is 6.54 Å². The van der Waals surface area contributed by atoms with Gasteiger partial charge in [-0.05, 0) is 33.6 Å². The number of hydrogen-bond donors (Lipinski definition) is 2. The average Bonchev–Trinajstić information content (AvgIpc) is 2.42. The zero-order chi connectivity index (χ0) is 14.7. The number of carbonyl (C=O) groups is 1. The molecule has 0 fully saturated rings. The predicted molar refractivity (Wildman–Crippen MR) is 71.7 cm³/mol. The fraction of sp³-hybridized carbons (Fsp3) is 0.0833. The Morgan fingerprint density at radius 1 is 1.35 bits per heavy atom. The van der Waals surface area contributed by atoms with Crippen molar-refractivity contribution in [3.05, 3.63) is 51.9 Å². The summed E-state index contributed by atoms with van der Waals surface area (Å²) < 4.78 is 26.1. The first-order chi connectivity index (χ1) is 9.47. The Morgan fingerprint density at radius 2 is 2.10 bits per heavy atom. The van der Waals surface area contributed by atoms with Crippen molar-refractivity contribution in [2.75, 3.05) is 5.73 Å². The lowest BCUT2D eigenvalue weighted by molar-refractivity contribution is 0.0946. The molecular weight excluding hydrogens is 334 g/mol. The molecular formula is C12H9BrF2N4O. The van der Waals surface area contributed by atoms with Gasteiger partial charge in [0.2, 0.25) is 0 Å². The van der Waals surface area contributed by atoms with E-state index in [1.165, 1.54) is 12.3 Å². The smallest absolute Gasteiger partial charge is 0.274 e. The summed E-state index contributed by atoms with van der Waals surface area (Å²) in [6.45, 7) is 0.0175. The van der Waals surface area contributed by atoms with Gasteiger partial charge in [-0.2, -0.15) is 0 Å². The second-order valence-electron chi connectivity index (χ2n) is 3.86. The number of amides is 1. The number of anilines is 1. The largest absolute Gasteiger partial charge is 0.382 e. The molecule has 0 aliphatic carbocycles. The Kier molecular flexibility index (Phi) is 4.23. The van der Waals surface area contributed by atoms with Crippen molar-refractivity contribution in [2.24, 2.45) is 0 Å². The molecule has 0 spiro atoms. The van der Waals surface area contributed by atoms with E-state index in [4.69, 9.17) is 5.73 Å². The summed E-state index contributed by atoms with van der Waals surface area (Å²) in [6.07, 6.45) is 1.36. The Bertz CT molecular complexity index is 666. The first-order valence-electron chi connectivity index (χ1n) is 5.47. The average molecular weight is 343 g/mol. The van der Waals surface area contributed by atoms with Crippen LogP contribution < -0.4 is 11.1 Å². The number of nitrogens with two attached hydrogens (primary N) is 1. The number of nitrogens with zero attached hydrogens (tertiary/aromatic N) is 2.